The molecule has 3 N–H and O–H groups in total. The molecule has 188 valence electrons. The minimum absolute atomic E-state index is 0.115. The second-order valence-electron chi connectivity index (χ2n) is 8.40. The lowest BCUT2D eigenvalue weighted by Gasteiger charge is -2.27. The molecule has 1 aromatic heterocycles. The molecule has 2 heterocycles. The summed E-state index contributed by atoms with van der Waals surface area (Å²) in [6.45, 7) is 2.59. The predicted molar refractivity (Wildman–Crippen MR) is 146 cm³/mol. The normalized spacial score (nSPS) is 13.6. The highest BCUT2D eigenvalue weighted by Gasteiger charge is 2.17. The zero-order chi connectivity index (χ0) is 25.5. The van der Waals surface area contributed by atoms with Crippen LogP contribution in [0.25, 0.3) is 0 Å². The molecule has 1 fully saturated rings. The fraction of sp³-hybridized carbons (Fsp3) is 0.185. The first-order valence-electron chi connectivity index (χ1n) is 11.9. The van der Waals surface area contributed by atoms with E-state index in [-0.39, 0.29) is 11.7 Å². The van der Waals surface area contributed by atoms with Crippen LogP contribution in [-0.2, 0) is 11.2 Å². The van der Waals surface area contributed by atoms with Gasteiger partial charge >= 0.3 is 0 Å². The maximum absolute atomic E-state index is 10.4. The number of hydrogen-bond donors (Lipinski definition) is 3. The number of hydrazone groups is 1. The number of phenols is 1. The molecule has 37 heavy (non-hydrogen) atoms. The Balaban J connectivity index is 1.35. The van der Waals surface area contributed by atoms with Crippen LogP contribution in [-0.4, -0.2) is 52.6 Å². The Hall–Kier alpha value is -4.21. The number of para-hydroxylation sites is 1. The number of hydrogen-bond acceptors (Lipinski definition) is 9. The molecule has 0 aliphatic carbocycles. The smallest absolute Gasteiger partial charge is 0.250 e. The summed E-state index contributed by atoms with van der Waals surface area (Å²) >= 11 is 6.31. The standard InChI is InChI=1S/C27H26ClN7O2/c28-23-9-5-4-6-20(23)16-19-10-11-24(36)21(17-19)18-29-34-26-31-25(30-22-7-2-1-3-8-22)32-27(33-26)35-12-14-37-15-13-35/h1-11,17-18,36H,12-16H2,(H2,30,31,32,33,34)/b29-18-. The Bertz CT molecular complexity index is 1380. The number of ether oxygens (including phenoxy) is 1. The number of nitrogens with zero attached hydrogens (tertiary/aromatic N) is 5. The van der Waals surface area contributed by atoms with Crippen molar-refractivity contribution in [2.75, 3.05) is 41.9 Å². The number of aromatic nitrogens is 3. The van der Waals surface area contributed by atoms with Crippen molar-refractivity contribution >= 4 is 41.3 Å². The third-order valence-electron chi connectivity index (χ3n) is 5.76. The van der Waals surface area contributed by atoms with Crippen molar-refractivity contribution in [1.29, 1.82) is 0 Å². The molecule has 0 atom stereocenters. The molecule has 1 aliphatic rings. The average Bonchev–Trinajstić information content (AvgIpc) is 2.93. The van der Waals surface area contributed by atoms with Crippen molar-refractivity contribution in [3.63, 3.8) is 0 Å². The third-order valence-corrected chi connectivity index (χ3v) is 6.13. The summed E-state index contributed by atoms with van der Waals surface area (Å²) in [6, 6.07) is 22.8. The Morgan fingerprint density at radius 3 is 2.51 bits per heavy atom. The molecule has 1 aliphatic heterocycles. The molecule has 0 unspecified atom stereocenters. The highest BCUT2D eigenvalue weighted by Crippen LogP contribution is 2.23. The second-order valence-corrected chi connectivity index (χ2v) is 8.81. The largest absolute Gasteiger partial charge is 0.507 e. The summed E-state index contributed by atoms with van der Waals surface area (Å²) in [5.74, 6) is 1.31. The number of nitrogens with one attached hydrogen (secondary N) is 2. The quantitative estimate of drug-likeness (QED) is 0.226. The van der Waals surface area contributed by atoms with Crippen LogP contribution in [0.3, 0.4) is 0 Å². The van der Waals surface area contributed by atoms with E-state index in [1.54, 1.807) is 6.07 Å². The highest BCUT2D eigenvalue weighted by molar-refractivity contribution is 6.31. The van der Waals surface area contributed by atoms with E-state index in [2.05, 4.69) is 30.8 Å². The molecule has 10 heteroatoms. The number of benzene rings is 3. The van der Waals surface area contributed by atoms with Gasteiger partial charge in [-0.3, -0.25) is 0 Å². The van der Waals surface area contributed by atoms with Gasteiger partial charge in [-0.1, -0.05) is 54.1 Å². The number of rotatable bonds is 8. The lowest BCUT2D eigenvalue weighted by molar-refractivity contribution is 0.122. The lowest BCUT2D eigenvalue weighted by Crippen LogP contribution is -2.37. The van der Waals surface area contributed by atoms with Crippen LogP contribution in [0.2, 0.25) is 5.02 Å². The van der Waals surface area contributed by atoms with Crippen molar-refractivity contribution in [3.05, 3.63) is 94.5 Å². The molecule has 3 aromatic carbocycles. The van der Waals surface area contributed by atoms with Gasteiger partial charge < -0.3 is 20.1 Å². The van der Waals surface area contributed by atoms with Gasteiger partial charge in [0.05, 0.1) is 19.4 Å². The van der Waals surface area contributed by atoms with Gasteiger partial charge in [0.25, 0.3) is 0 Å². The minimum atomic E-state index is 0.115. The molecule has 1 saturated heterocycles. The maximum Gasteiger partial charge on any atom is 0.250 e. The first-order valence-corrected chi connectivity index (χ1v) is 12.3. The maximum atomic E-state index is 10.4. The molecule has 0 radical (unpaired) electrons. The van der Waals surface area contributed by atoms with Crippen LogP contribution in [0, 0.1) is 0 Å². The molecule has 9 nitrogen and oxygen atoms in total. The van der Waals surface area contributed by atoms with Gasteiger partial charge in [0.1, 0.15) is 5.75 Å². The van der Waals surface area contributed by atoms with Crippen LogP contribution >= 0.6 is 11.6 Å². The van der Waals surface area contributed by atoms with Crippen LogP contribution in [0.1, 0.15) is 16.7 Å². The van der Waals surface area contributed by atoms with E-state index in [1.165, 1.54) is 6.21 Å². The summed E-state index contributed by atoms with van der Waals surface area (Å²) in [4.78, 5) is 15.6. The van der Waals surface area contributed by atoms with E-state index >= 15 is 0 Å². The average molecular weight is 516 g/mol. The number of halogens is 1. The fourth-order valence-electron chi connectivity index (χ4n) is 3.86. The van der Waals surface area contributed by atoms with Gasteiger partial charge in [0, 0.05) is 29.4 Å². The molecule has 0 saturated carbocycles. The SMILES string of the molecule is Oc1ccc(Cc2ccccc2Cl)cc1/C=N\Nc1nc(Nc2ccccc2)nc(N2CCOCC2)n1. The Labute approximate surface area is 219 Å². The van der Waals surface area contributed by atoms with Crippen molar-refractivity contribution in [3.8, 4) is 5.75 Å². The molecule has 5 rings (SSSR count). The molecule has 0 bridgehead atoms. The Morgan fingerprint density at radius 2 is 1.70 bits per heavy atom. The van der Waals surface area contributed by atoms with Gasteiger partial charge in [-0.2, -0.15) is 20.1 Å². The molecule has 0 spiro atoms. The van der Waals surface area contributed by atoms with E-state index in [0.29, 0.717) is 55.2 Å². The monoisotopic (exact) mass is 515 g/mol. The zero-order valence-corrected chi connectivity index (χ0v) is 20.8. The zero-order valence-electron chi connectivity index (χ0n) is 20.0. The number of morpholine rings is 1. The summed E-state index contributed by atoms with van der Waals surface area (Å²) < 4.78 is 5.46. The lowest BCUT2D eigenvalue weighted by atomic mass is 10.0. The Kier molecular flexibility index (Phi) is 7.73. The van der Waals surface area contributed by atoms with Crippen LogP contribution in [0.4, 0.5) is 23.5 Å². The summed E-state index contributed by atoms with van der Waals surface area (Å²) in [5.41, 5.74) is 6.30. The fourth-order valence-corrected chi connectivity index (χ4v) is 4.07. The van der Waals surface area contributed by atoms with E-state index in [4.69, 9.17) is 16.3 Å². The van der Waals surface area contributed by atoms with Gasteiger partial charge in [-0.15, -0.1) is 0 Å². The molecule has 0 amide bonds. The van der Waals surface area contributed by atoms with E-state index in [9.17, 15) is 5.11 Å². The Morgan fingerprint density at radius 1 is 0.946 bits per heavy atom. The van der Waals surface area contributed by atoms with Gasteiger partial charge in [-0.05, 0) is 47.9 Å². The summed E-state index contributed by atoms with van der Waals surface area (Å²) in [6.07, 6.45) is 2.17. The van der Waals surface area contributed by atoms with Crippen LogP contribution in [0.15, 0.2) is 77.9 Å². The van der Waals surface area contributed by atoms with Crippen molar-refractivity contribution in [2.45, 2.75) is 6.42 Å². The minimum Gasteiger partial charge on any atom is -0.507 e. The molecular weight excluding hydrogens is 490 g/mol. The van der Waals surface area contributed by atoms with Crippen LogP contribution in [0.5, 0.6) is 5.75 Å². The number of phenolic OH excluding ortho intramolecular Hbond substituents is 1. The summed E-state index contributed by atoms with van der Waals surface area (Å²) in [5, 5.41) is 18.6. The van der Waals surface area contributed by atoms with E-state index in [1.807, 2.05) is 71.6 Å². The van der Waals surface area contributed by atoms with E-state index in [0.717, 1.165) is 16.8 Å². The van der Waals surface area contributed by atoms with Gasteiger partial charge in [0.2, 0.25) is 17.8 Å². The topological polar surface area (TPSA) is 108 Å². The number of anilines is 4. The first kappa shape index (κ1) is 24.5. The molecule has 4 aromatic rings. The van der Waals surface area contributed by atoms with Crippen molar-refractivity contribution < 1.29 is 9.84 Å². The van der Waals surface area contributed by atoms with Crippen molar-refractivity contribution in [2.24, 2.45) is 5.10 Å². The first-order chi connectivity index (χ1) is 18.1. The van der Waals surface area contributed by atoms with Gasteiger partial charge in [-0.25, -0.2) is 5.43 Å². The van der Waals surface area contributed by atoms with Crippen LogP contribution < -0.4 is 15.6 Å². The van der Waals surface area contributed by atoms with Gasteiger partial charge in [0.15, 0.2) is 0 Å². The third kappa shape index (κ3) is 6.52. The molecular formula is C27H26ClN7O2. The van der Waals surface area contributed by atoms with E-state index < -0.39 is 0 Å². The summed E-state index contributed by atoms with van der Waals surface area (Å²) in [7, 11) is 0. The highest BCUT2D eigenvalue weighted by atomic mass is 35.5. The predicted octanol–water partition coefficient (Wildman–Crippen LogP) is 4.85. The second kappa shape index (κ2) is 11.7. The number of aromatic hydroxyl groups is 1. The van der Waals surface area contributed by atoms with Crippen molar-refractivity contribution in [1.82, 2.24) is 15.0 Å².